The lowest BCUT2D eigenvalue weighted by atomic mass is 10.0. The van der Waals surface area contributed by atoms with Crippen molar-refractivity contribution in [3.63, 3.8) is 0 Å². The van der Waals surface area contributed by atoms with Gasteiger partial charge in [-0.2, -0.15) is 4.31 Å². The molecule has 1 fully saturated rings. The molecule has 1 amide bonds. The van der Waals surface area contributed by atoms with Crippen molar-refractivity contribution in [2.75, 3.05) is 18.4 Å². The first kappa shape index (κ1) is 19.3. The molecule has 1 aromatic carbocycles. The minimum atomic E-state index is -3.49. The maximum Gasteiger partial charge on any atom is 0.248 e. The molecule has 0 radical (unpaired) electrons. The quantitative estimate of drug-likeness (QED) is 0.802. The Morgan fingerprint density at radius 1 is 1.22 bits per heavy atom. The third-order valence-corrected chi connectivity index (χ3v) is 6.35. The van der Waals surface area contributed by atoms with Gasteiger partial charge in [0, 0.05) is 31.0 Å². The average molecular weight is 385 g/mol. The fraction of sp³-hybridized carbons (Fsp3) is 0.300. The standard InChI is InChI=1S/C20H23N3O3S/c1-16-5-4-14-23(15-16)27(25,26)19-10-7-18(8-11-19)22-20(24)12-9-17-6-2-3-13-21-17/h2-3,6-13,16H,4-5,14-15H2,1H3,(H,22,24)/b12-9-/t16-/m0/s1. The first-order valence-corrected chi connectivity index (χ1v) is 10.4. The lowest BCUT2D eigenvalue weighted by molar-refractivity contribution is -0.111. The molecule has 1 aliphatic heterocycles. The SMILES string of the molecule is C[C@H]1CCCN(S(=O)(=O)c2ccc(NC(=O)/C=C\c3ccccn3)cc2)C1. The molecule has 2 aromatic rings. The van der Waals surface area contributed by atoms with Gasteiger partial charge < -0.3 is 5.32 Å². The summed E-state index contributed by atoms with van der Waals surface area (Å²) in [6, 6.07) is 11.7. The Morgan fingerprint density at radius 3 is 2.67 bits per heavy atom. The molecule has 3 rings (SSSR count). The van der Waals surface area contributed by atoms with Crippen molar-refractivity contribution in [2.24, 2.45) is 5.92 Å². The molecular formula is C20H23N3O3S. The van der Waals surface area contributed by atoms with Crippen molar-refractivity contribution < 1.29 is 13.2 Å². The Balaban J connectivity index is 1.64. The molecule has 0 aliphatic carbocycles. The monoisotopic (exact) mass is 385 g/mol. The minimum absolute atomic E-state index is 0.249. The summed E-state index contributed by atoms with van der Waals surface area (Å²) in [5.74, 6) is 0.0686. The van der Waals surface area contributed by atoms with E-state index in [1.807, 2.05) is 6.07 Å². The van der Waals surface area contributed by atoms with Crippen molar-refractivity contribution in [2.45, 2.75) is 24.7 Å². The summed E-state index contributed by atoms with van der Waals surface area (Å²) in [7, 11) is -3.49. The topological polar surface area (TPSA) is 79.4 Å². The number of pyridine rings is 1. The van der Waals surface area contributed by atoms with Crippen LogP contribution in [0.2, 0.25) is 0 Å². The summed E-state index contributed by atoms with van der Waals surface area (Å²) in [6.45, 7) is 3.18. The van der Waals surface area contributed by atoms with E-state index in [4.69, 9.17) is 0 Å². The van der Waals surface area contributed by atoms with Crippen LogP contribution in [0.3, 0.4) is 0 Å². The number of rotatable bonds is 5. The fourth-order valence-electron chi connectivity index (χ4n) is 3.04. The molecule has 142 valence electrons. The highest BCUT2D eigenvalue weighted by atomic mass is 32.2. The first-order chi connectivity index (χ1) is 12.9. The van der Waals surface area contributed by atoms with E-state index in [-0.39, 0.29) is 10.8 Å². The predicted octanol–water partition coefficient (Wildman–Crippen LogP) is 3.15. The fourth-order valence-corrected chi connectivity index (χ4v) is 4.64. The van der Waals surface area contributed by atoms with Gasteiger partial charge in [0.05, 0.1) is 10.6 Å². The van der Waals surface area contributed by atoms with Gasteiger partial charge in [0.1, 0.15) is 0 Å². The number of nitrogens with one attached hydrogen (secondary N) is 1. The molecule has 0 unspecified atom stereocenters. The number of nitrogens with zero attached hydrogens (tertiary/aromatic N) is 2. The number of amides is 1. The molecule has 2 heterocycles. The second-order valence-electron chi connectivity index (χ2n) is 6.71. The van der Waals surface area contributed by atoms with Crippen molar-refractivity contribution >= 4 is 27.7 Å². The zero-order valence-corrected chi connectivity index (χ0v) is 16.0. The molecule has 1 N–H and O–H groups in total. The van der Waals surface area contributed by atoms with Crippen LogP contribution in [0.1, 0.15) is 25.5 Å². The van der Waals surface area contributed by atoms with E-state index in [0.29, 0.717) is 30.4 Å². The lowest BCUT2D eigenvalue weighted by Gasteiger charge is -2.30. The van der Waals surface area contributed by atoms with Gasteiger partial charge in [-0.25, -0.2) is 8.42 Å². The van der Waals surface area contributed by atoms with Crippen LogP contribution in [0.5, 0.6) is 0 Å². The summed E-state index contributed by atoms with van der Waals surface area (Å²) in [4.78, 5) is 16.4. The van der Waals surface area contributed by atoms with Crippen molar-refractivity contribution in [3.8, 4) is 0 Å². The van der Waals surface area contributed by atoms with E-state index in [0.717, 1.165) is 12.8 Å². The third kappa shape index (κ3) is 5.02. The smallest absolute Gasteiger partial charge is 0.248 e. The average Bonchev–Trinajstić information content (AvgIpc) is 2.68. The molecular weight excluding hydrogens is 362 g/mol. The van der Waals surface area contributed by atoms with E-state index in [1.54, 1.807) is 40.8 Å². The molecule has 1 aromatic heterocycles. The Morgan fingerprint density at radius 2 is 2.00 bits per heavy atom. The van der Waals surface area contributed by atoms with Crippen LogP contribution in [0.4, 0.5) is 5.69 Å². The highest BCUT2D eigenvalue weighted by Crippen LogP contribution is 2.24. The van der Waals surface area contributed by atoms with E-state index in [2.05, 4.69) is 17.2 Å². The third-order valence-electron chi connectivity index (χ3n) is 4.47. The zero-order chi connectivity index (χ0) is 19.3. The number of carbonyl (C=O) groups is 1. The summed E-state index contributed by atoms with van der Waals surface area (Å²) in [6.07, 6.45) is 6.60. The van der Waals surface area contributed by atoms with E-state index >= 15 is 0 Å². The number of aromatic nitrogens is 1. The number of sulfonamides is 1. The van der Waals surface area contributed by atoms with Crippen molar-refractivity contribution in [1.82, 2.24) is 9.29 Å². The van der Waals surface area contributed by atoms with Crippen LogP contribution >= 0.6 is 0 Å². The maximum absolute atomic E-state index is 12.7. The highest BCUT2D eigenvalue weighted by Gasteiger charge is 2.28. The van der Waals surface area contributed by atoms with E-state index in [1.165, 1.54) is 18.2 Å². The summed E-state index contributed by atoms with van der Waals surface area (Å²) >= 11 is 0. The first-order valence-electron chi connectivity index (χ1n) is 8.95. The Hall–Kier alpha value is -2.51. The number of hydrogen-bond acceptors (Lipinski definition) is 4. The summed E-state index contributed by atoms with van der Waals surface area (Å²) in [5.41, 5.74) is 1.22. The second-order valence-corrected chi connectivity index (χ2v) is 8.65. The second kappa shape index (κ2) is 8.45. The largest absolute Gasteiger partial charge is 0.323 e. The van der Waals surface area contributed by atoms with Crippen LogP contribution in [-0.2, 0) is 14.8 Å². The predicted molar refractivity (Wildman–Crippen MR) is 105 cm³/mol. The molecule has 1 atom stereocenters. The molecule has 27 heavy (non-hydrogen) atoms. The Bertz CT molecular complexity index is 909. The summed E-state index contributed by atoms with van der Waals surface area (Å²) < 4.78 is 27.0. The molecule has 1 saturated heterocycles. The van der Waals surface area contributed by atoms with Gasteiger partial charge in [0.15, 0.2) is 0 Å². The van der Waals surface area contributed by atoms with Crippen LogP contribution in [0, 0.1) is 5.92 Å². The highest BCUT2D eigenvalue weighted by molar-refractivity contribution is 7.89. The van der Waals surface area contributed by atoms with Gasteiger partial charge in [-0.15, -0.1) is 0 Å². The normalized spacial score (nSPS) is 18.5. The molecule has 7 heteroatoms. The van der Waals surface area contributed by atoms with E-state index in [9.17, 15) is 13.2 Å². The van der Waals surface area contributed by atoms with Crippen molar-refractivity contribution in [3.05, 3.63) is 60.4 Å². The van der Waals surface area contributed by atoms with Gasteiger partial charge in [0.2, 0.25) is 15.9 Å². The molecule has 6 nitrogen and oxygen atoms in total. The Labute approximate surface area is 160 Å². The summed E-state index contributed by atoms with van der Waals surface area (Å²) in [5, 5.41) is 2.72. The number of hydrogen-bond donors (Lipinski definition) is 1. The molecule has 1 aliphatic rings. The Kier molecular flexibility index (Phi) is 6.03. The van der Waals surface area contributed by atoms with Gasteiger partial charge >= 0.3 is 0 Å². The van der Waals surface area contributed by atoms with Crippen LogP contribution < -0.4 is 5.32 Å². The molecule has 0 bridgehead atoms. The van der Waals surface area contributed by atoms with Gasteiger partial charge in [-0.3, -0.25) is 9.78 Å². The lowest BCUT2D eigenvalue weighted by Crippen LogP contribution is -2.39. The van der Waals surface area contributed by atoms with Crippen LogP contribution in [0.15, 0.2) is 59.6 Å². The van der Waals surface area contributed by atoms with Gasteiger partial charge in [0.25, 0.3) is 0 Å². The molecule has 0 saturated carbocycles. The minimum Gasteiger partial charge on any atom is -0.323 e. The number of benzene rings is 1. The van der Waals surface area contributed by atoms with Crippen LogP contribution in [0.25, 0.3) is 6.08 Å². The van der Waals surface area contributed by atoms with E-state index < -0.39 is 10.0 Å². The number of carbonyl (C=O) groups excluding carboxylic acids is 1. The van der Waals surface area contributed by atoms with Gasteiger partial charge in [-0.1, -0.05) is 13.0 Å². The van der Waals surface area contributed by atoms with Crippen LogP contribution in [-0.4, -0.2) is 36.7 Å². The van der Waals surface area contributed by atoms with Crippen molar-refractivity contribution in [1.29, 1.82) is 0 Å². The number of anilines is 1. The van der Waals surface area contributed by atoms with Gasteiger partial charge in [-0.05, 0) is 61.2 Å². The zero-order valence-electron chi connectivity index (χ0n) is 15.2. The number of piperidine rings is 1. The molecule has 0 spiro atoms. The maximum atomic E-state index is 12.7.